The minimum absolute atomic E-state index is 0.0982. The fourth-order valence-corrected chi connectivity index (χ4v) is 7.27. The second-order valence-corrected chi connectivity index (χ2v) is 12.0. The highest BCUT2D eigenvalue weighted by Crippen LogP contribution is 2.53. The lowest BCUT2D eigenvalue weighted by molar-refractivity contribution is 0.599. The Morgan fingerprint density at radius 2 is 1.24 bits per heavy atom. The molecule has 210 valence electrons. The Hall–Kier alpha value is -4.26. The Morgan fingerprint density at radius 1 is 0.707 bits per heavy atom. The van der Waals surface area contributed by atoms with Gasteiger partial charge < -0.3 is 24.0 Å². The molecule has 0 saturated carbocycles. The van der Waals surface area contributed by atoms with Gasteiger partial charge in [-0.15, -0.1) is 0 Å². The van der Waals surface area contributed by atoms with Crippen molar-refractivity contribution in [1.82, 2.24) is 9.97 Å². The van der Waals surface area contributed by atoms with Gasteiger partial charge in [0, 0.05) is 34.9 Å². The first kappa shape index (κ1) is 25.7. The maximum atomic E-state index is 6.65. The van der Waals surface area contributed by atoms with Crippen LogP contribution in [0.1, 0.15) is 52.9 Å². The highest BCUT2D eigenvalue weighted by molar-refractivity contribution is 6.12. The second-order valence-electron chi connectivity index (χ2n) is 12.0. The molecule has 7 nitrogen and oxygen atoms in total. The average molecular weight is 547 g/mol. The van der Waals surface area contributed by atoms with Crippen molar-refractivity contribution in [3.63, 3.8) is 0 Å². The van der Waals surface area contributed by atoms with Crippen LogP contribution >= 0.6 is 0 Å². The number of fused-ring (bicyclic) bond motifs is 5. The number of aromatic nitrogens is 2. The van der Waals surface area contributed by atoms with Crippen LogP contribution in [0.2, 0.25) is 0 Å². The molecule has 0 N–H and O–H groups in total. The van der Waals surface area contributed by atoms with Gasteiger partial charge in [-0.2, -0.15) is 4.98 Å². The van der Waals surface area contributed by atoms with E-state index < -0.39 is 0 Å². The zero-order valence-corrected chi connectivity index (χ0v) is 25.2. The van der Waals surface area contributed by atoms with Crippen molar-refractivity contribution < 1.29 is 4.42 Å². The average Bonchev–Trinajstić information content (AvgIpc) is 3.54. The summed E-state index contributed by atoms with van der Waals surface area (Å²) in [5.41, 5.74) is 9.84. The number of rotatable bonds is 4. The van der Waals surface area contributed by atoms with E-state index in [2.05, 4.69) is 128 Å². The van der Waals surface area contributed by atoms with E-state index in [1.54, 1.807) is 0 Å². The summed E-state index contributed by atoms with van der Waals surface area (Å²) in [4.78, 5) is 19.2. The molecule has 2 aliphatic rings. The number of furan rings is 1. The molecule has 4 heterocycles. The molecule has 0 spiro atoms. The van der Waals surface area contributed by atoms with Crippen LogP contribution in [0.5, 0.6) is 0 Å². The normalized spacial score (nSPS) is 18.5. The summed E-state index contributed by atoms with van der Waals surface area (Å²) in [5, 5.41) is 1.98. The zero-order valence-electron chi connectivity index (χ0n) is 25.2. The van der Waals surface area contributed by atoms with Crippen LogP contribution in [-0.2, 0) is 0 Å². The van der Waals surface area contributed by atoms with Crippen LogP contribution in [0.3, 0.4) is 0 Å². The van der Waals surface area contributed by atoms with Crippen molar-refractivity contribution in [1.29, 1.82) is 0 Å². The first-order valence-electron chi connectivity index (χ1n) is 14.7. The van der Waals surface area contributed by atoms with Crippen molar-refractivity contribution in [3.8, 4) is 0 Å². The maximum Gasteiger partial charge on any atom is 0.230 e. The number of para-hydroxylation sites is 4. The molecule has 2 aliphatic heterocycles. The van der Waals surface area contributed by atoms with E-state index in [1.807, 2.05) is 13.1 Å². The molecule has 0 amide bonds. The summed E-state index contributed by atoms with van der Waals surface area (Å²) in [6.45, 7) is 17.8. The summed E-state index contributed by atoms with van der Waals surface area (Å²) in [5.74, 6) is 0.704. The third-order valence-electron chi connectivity index (χ3n) is 8.85. The lowest BCUT2D eigenvalue weighted by Gasteiger charge is -2.36. The van der Waals surface area contributed by atoms with Crippen LogP contribution in [0, 0.1) is 13.8 Å². The third kappa shape index (κ3) is 3.57. The largest absolute Gasteiger partial charge is 0.435 e. The Labute approximate surface area is 242 Å². The number of nitrogens with zero attached hydrogens (tertiary/aromatic N) is 6. The van der Waals surface area contributed by atoms with Gasteiger partial charge in [0.15, 0.2) is 5.58 Å². The van der Waals surface area contributed by atoms with Crippen LogP contribution in [0.15, 0.2) is 65.2 Å². The molecule has 2 atom stereocenters. The Balaban J connectivity index is 1.55. The summed E-state index contributed by atoms with van der Waals surface area (Å²) in [7, 11) is 0. The van der Waals surface area contributed by atoms with Gasteiger partial charge in [-0.05, 0) is 85.7 Å². The van der Waals surface area contributed by atoms with E-state index in [-0.39, 0.29) is 12.3 Å². The zero-order chi connectivity index (χ0) is 28.7. The predicted molar refractivity (Wildman–Crippen MR) is 170 cm³/mol. The molecule has 3 aromatic carbocycles. The third-order valence-corrected chi connectivity index (χ3v) is 8.85. The van der Waals surface area contributed by atoms with Gasteiger partial charge in [0.25, 0.3) is 0 Å². The maximum absolute atomic E-state index is 6.65. The molecule has 0 fully saturated rings. The molecule has 41 heavy (non-hydrogen) atoms. The summed E-state index contributed by atoms with van der Waals surface area (Å²) < 4.78 is 6.65. The highest BCUT2D eigenvalue weighted by Gasteiger charge is 2.40. The van der Waals surface area contributed by atoms with Gasteiger partial charge in [0.05, 0.1) is 33.8 Å². The highest BCUT2D eigenvalue weighted by atomic mass is 16.3. The van der Waals surface area contributed by atoms with Gasteiger partial charge >= 0.3 is 0 Å². The van der Waals surface area contributed by atoms with Crippen molar-refractivity contribution in [2.45, 2.75) is 79.8 Å². The minimum atomic E-state index is 0.0982. The van der Waals surface area contributed by atoms with Crippen LogP contribution in [-0.4, -0.2) is 34.4 Å². The van der Waals surface area contributed by atoms with Crippen LogP contribution < -0.4 is 19.6 Å². The molecule has 7 heteroatoms. The smallest absolute Gasteiger partial charge is 0.230 e. The first-order chi connectivity index (χ1) is 19.7. The predicted octanol–water partition coefficient (Wildman–Crippen LogP) is 8.42. The molecule has 7 rings (SSSR count). The molecule has 0 bridgehead atoms. The fraction of sp³-hybridized carbons (Fsp3) is 0.353. The van der Waals surface area contributed by atoms with Crippen molar-refractivity contribution in [3.05, 3.63) is 72.2 Å². The Bertz CT molecular complexity index is 1810. The van der Waals surface area contributed by atoms with E-state index in [0.29, 0.717) is 23.6 Å². The van der Waals surface area contributed by atoms with Gasteiger partial charge in [-0.3, -0.25) is 0 Å². The van der Waals surface area contributed by atoms with Crippen molar-refractivity contribution >= 4 is 56.2 Å². The van der Waals surface area contributed by atoms with E-state index >= 15 is 0 Å². The second kappa shape index (κ2) is 9.13. The van der Waals surface area contributed by atoms with Crippen molar-refractivity contribution in [2.24, 2.45) is 0 Å². The summed E-state index contributed by atoms with van der Waals surface area (Å²) in [6.07, 6.45) is 2.15. The van der Waals surface area contributed by atoms with E-state index in [1.165, 1.54) is 34.0 Å². The van der Waals surface area contributed by atoms with Gasteiger partial charge in [-0.1, -0.05) is 24.3 Å². The quantitative estimate of drug-likeness (QED) is 0.224. The fourth-order valence-electron chi connectivity index (χ4n) is 7.27. The standard InChI is InChI=1S/C34H38N6O/c1-19(2)37-23(7)39(29-15-11-9-13-27(29)37)31-17-25-26-18-35-22(6)36-34(26)41-33(25)32(21(31)5)40-24(8)38(20(3)4)28-14-10-12-16-30(28)40/h9-20,23-24H,1-8H3/t23-,24+/m1/s1. The molecule has 0 saturated heterocycles. The van der Waals surface area contributed by atoms with E-state index in [4.69, 9.17) is 9.40 Å². The molecule has 0 unspecified atom stereocenters. The Morgan fingerprint density at radius 3 is 1.83 bits per heavy atom. The summed E-state index contributed by atoms with van der Waals surface area (Å²) in [6, 6.07) is 20.5. The number of hydrogen-bond acceptors (Lipinski definition) is 7. The molecule has 0 aliphatic carbocycles. The lowest BCUT2D eigenvalue weighted by atomic mass is 10.0. The van der Waals surface area contributed by atoms with Crippen molar-refractivity contribution in [2.75, 3.05) is 19.6 Å². The first-order valence-corrected chi connectivity index (χ1v) is 14.7. The molecule has 2 aromatic heterocycles. The molecule has 5 aromatic rings. The van der Waals surface area contributed by atoms with E-state index in [0.717, 1.165) is 22.0 Å². The van der Waals surface area contributed by atoms with Crippen LogP contribution in [0.4, 0.5) is 34.1 Å². The lowest BCUT2D eigenvalue weighted by Crippen LogP contribution is -2.43. The SMILES string of the molecule is Cc1ncc2c(n1)oc1c(N3c4ccccc4N(C(C)C)[C@@H]3C)c(C)c(N3c4ccccc4N(C(C)C)[C@H]3C)cc12. The Kier molecular flexibility index (Phi) is 5.72. The number of hydrogen-bond donors (Lipinski definition) is 0. The number of anilines is 6. The molecule has 0 radical (unpaired) electrons. The summed E-state index contributed by atoms with van der Waals surface area (Å²) >= 11 is 0. The van der Waals surface area contributed by atoms with Gasteiger partial charge in [0.1, 0.15) is 18.2 Å². The minimum Gasteiger partial charge on any atom is -0.435 e. The van der Waals surface area contributed by atoms with Gasteiger partial charge in [-0.25, -0.2) is 4.98 Å². The number of aryl methyl sites for hydroxylation is 1. The molecular formula is C34H38N6O. The monoisotopic (exact) mass is 546 g/mol. The molecular weight excluding hydrogens is 508 g/mol. The topological polar surface area (TPSA) is 51.9 Å². The van der Waals surface area contributed by atoms with Crippen LogP contribution in [0.25, 0.3) is 22.1 Å². The van der Waals surface area contributed by atoms with E-state index in [9.17, 15) is 0 Å². The van der Waals surface area contributed by atoms with Gasteiger partial charge in [0.2, 0.25) is 5.71 Å². The number of benzene rings is 3.